The van der Waals surface area contributed by atoms with Gasteiger partial charge in [-0.25, -0.2) is 0 Å². The molecule has 27 heavy (non-hydrogen) atoms. The highest BCUT2D eigenvalue weighted by Crippen LogP contribution is 2.49. The molecule has 0 bridgehead atoms. The fraction of sp³-hybridized carbons (Fsp3) is 0.600. The van der Waals surface area contributed by atoms with Crippen molar-refractivity contribution in [3.8, 4) is 5.69 Å². The molecule has 1 aromatic carbocycles. The second kappa shape index (κ2) is 7.03. The third-order valence-electron chi connectivity index (χ3n) is 6.62. The summed E-state index contributed by atoms with van der Waals surface area (Å²) in [5, 5.41) is 2.25. The number of nitrogens with zero attached hydrogens (tertiary/aromatic N) is 1. The van der Waals surface area contributed by atoms with Crippen LogP contribution in [0.15, 0.2) is 35.5 Å². The summed E-state index contributed by atoms with van der Waals surface area (Å²) in [4.78, 5) is 0. The van der Waals surface area contributed by atoms with Gasteiger partial charge in [0, 0.05) is 17.1 Å². The van der Waals surface area contributed by atoms with Crippen LogP contribution in [0.4, 0.5) is 0 Å². The molecule has 1 heterocycles. The summed E-state index contributed by atoms with van der Waals surface area (Å²) in [6.45, 7) is 11.7. The van der Waals surface area contributed by atoms with Crippen molar-refractivity contribution in [3.05, 3.63) is 47.2 Å². The summed E-state index contributed by atoms with van der Waals surface area (Å²) in [7, 11) is 0. The van der Waals surface area contributed by atoms with E-state index in [9.17, 15) is 0 Å². The van der Waals surface area contributed by atoms with Crippen LogP contribution in [0.2, 0.25) is 0 Å². The molecule has 4 rings (SSSR count). The van der Waals surface area contributed by atoms with E-state index in [0.717, 1.165) is 5.25 Å². The van der Waals surface area contributed by atoms with Crippen LogP contribution < -0.4 is 0 Å². The Balaban J connectivity index is 1.74. The van der Waals surface area contributed by atoms with E-state index in [1.165, 1.54) is 72.3 Å². The molecule has 2 aliphatic rings. The molecule has 0 spiro atoms. The minimum Gasteiger partial charge on any atom is -0.311 e. The molecule has 0 saturated heterocycles. The largest absolute Gasteiger partial charge is 0.311 e. The van der Waals surface area contributed by atoms with Crippen molar-refractivity contribution in [3.63, 3.8) is 0 Å². The molecule has 1 nitrogen and oxygen atoms in total. The SMILES string of the molecule is Cc1ccn(-c2cc(C(C)(C)C)cc(C3(C)CC3)c2)c1SC1CCCCC1. The lowest BCUT2D eigenvalue weighted by atomic mass is 9.83. The van der Waals surface area contributed by atoms with Gasteiger partial charge in [0.05, 0.1) is 5.03 Å². The number of hydrogen-bond donors (Lipinski definition) is 0. The minimum absolute atomic E-state index is 0.175. The van der Waals surface area contributed by atoms with Crippen LogP contribution in [0.25, 0.3) is 5.69 Å². The van der Waals surface area contributed by atoms with Crippen LogP contribution in [0.3, 0.4) is 0 Å². The predicted molar refractivity (Wildman–Crippen MR) is 119 cm³/mol. The van der Waals surface area contributed by atoms with Crippen LogP contribution in [0.5, 0.6) is 0 Å². The first kappa shape index (κ1) is 19.2. The first-order valence-corrected chi connectivity index (χ1v) is 11.7. The second-order valence-electron chi connectivity index (χ2n) is 10.1. The van der Waals surface area contributed by atoms with Crippen molar-refractivity contribution in [2.24, 2.45) is 0 Å². The number of aromatic nitrogens is 1. The zero-order valence-corrected chi connectivity index (χ0v) is 18.6. The summed E-state index contributed by atoms with van der Waals surface area (Å²) < 4.78 is 2.47. The van der Waals surface area contributed by atoms with E-state index in [4.69, 9.17) is 0 Å². The Morgan fingerprint density at radius 3 is 2.37 bits per heavy atom. The van der Waals surface area contributed by atoms with Crippen LogP contribution in [0.1, 0.15) is 89.3 Å². The second-order valence-corrected chi connectivity index (χ2v) is 11.4. The lowest BCUT2D eigenvalue weighted by molar-refractivity contribution is 0.515. The monoisotopic (exact) mass is 381 g/mol. The number of benzene rings is 1. The van der Waals surface area contributed by atoms with Gasteiger partial charge in [0.2, 0.25) is 0 Å². The molecule has 0 aliphatic heterocycles. The van der Waals surface area contributed by atoms with Gasteiger partial charge in [-0.2, -0.15) is 0 Å². The maximum Gasteiger partial charge on any atom is 0.0826 e. The standard InChI is InChI=1S/C25H35NS/c1-18-11-14-26(23(18)27-22-9-7-6-8-10-22)21-16-19(24(2,3)4)15-20(17-21)25(5)12-13-25/h11,14-17,22H,6-10,12-13H2,1-5H3. The fourth-order valence-electron chi connectivity index (χ4n) is 4.22. The lowest BCUT2D eigenvalue weighted by Crippen LogP contribution is -2.15. The Hall–Kier alpha value is -1.15. The Bertz CT molecular complexity index is 790. The molecule has 2 aliphatic carbocycles. The number of aryl methyl sites for hydroxylation is 1. The van der Waals surface area contributed by atoms with E-state index in [0.29, 0.717) is 5.41 Å². The van der Waals surface area contributed by atoms with Gasteiger partial charge in [0.15, 0.2) is 0 Å². The molecular formula is C25H35NS. The van der Waals surface area contributed by atoms with Gasteiger partial charge in [0.1, 0.15) is 0 Å². The molecule has 0 radical (unpaired) electrons. The summed E-state index contributed by atoms with van der Waals surface area (Å²) in [6.07, 6.45) is 11.9. The molecule has 2 saturated carbocycles. The van der Waals surface area contributed by atoms with E-state index in [-0.39, 0.29) is 5.41 Å². The Morgan fingerprint density at radius 1 is 1.04 bits per heavy atom. The summed E-state index contributed by atoms with van der Waals surface area (Å²) >= 11 is 2.12. The van der Waals surface area contributed by atoms with Gasteiger partial charge in [-0.15, -0.1) is 11.8 Å². The number of thioether (sulfide) groups is 1. The van der Waals surface area contributed by atoms with Gasteiger partial charge in [-0.3, -0.25) is 0 Å². The summed E-state index contributed by atoms with van der Waals surface area (Å²) in [6, 6.07) is 9.67. The Morgan fingerprint density at radius 2 is 1.74 bits per heavy atom. The minimum atomic E-state index is 0.175. The molecule has 1 aromatic heterocycles. The topological polar surface area (TPSA) is 4.93 Å². The molecule has 2 fully saturated rings. The third kappa shape index (κ3) is 4.01. The Kier molecular flexibility index (Phi) is 4.99. The van der Waals surface area contributed by atoms with E-state index < -0.39 is 0 Å². The molecule has 0 amide bonds. The molecule has 2 aromatic rings. The van der Waals surface area contributed by atoms with E-state index in [1.54, 1.807) is 0 Å². The molecular weight excluding hydrogens is 346 g/mol. The van der Waals surface area contributed by atoms with Crippen LogP contribution in [-0.2, 0) is 10.8 Å². The maximum atomic E-state index is 2.47. The molecule has 2 heteroatoms. The zero-order chi connectivity index (χ0) is 19.2. The van der Waals surface area contributed by atoms with Gasteiger partial charge in [0.25, 0.3) is 0 Å². The summed E-state index contributed by atoms with van der Waals surface area (Å²) in [5.74, 6) is 0. The van der Waals surface area contributed by atoms with Crippen LogP contribution in [0, 0.1) is 6.92 Å². The first-order chi connectivity index (χ1) is 12.8. The van der Waals surface area contributed by atoms with Gasteiger partial charge >= 0.3 is 0 Å². The van der Waals surface area contributed by atoms with Crippen LogP contribution in [-0.4, -0.2) is 9.82 Å². The van der Waals surface area contributed by atoms with Crippen molar-refractivity contribution in [1.82, 2.24) is 4.57 Å². The smallest absolute Gasteiger partial charge is 0.0826 e. The van der Waals surface area contributed by atoms with Crippen molar-refractivity contribution < 1.29 is 0 Å². The van der Waals surface area contributed by atoms with Crippen molar-refractivity contribution in [1.29, 1.82) is 0 Å². The normalized spacial score (nSPS) is 20.0. The maximum absolute atomic E-state index is 2.47. The summed E-state index contributed by atoms with van der Waals surface area (Å²) in [5.41, 5.74) is 6.35. The number of rotatable bonds is 4. The van der Waals surface area contributed by atoms with Crippen molar-refractivity contribution in [2.45, 2.75) is 101 Å². The first-order valence-electron chi connectivity index (χ1n) is 10.8. The molecule has 0 atom stereocenters. The van der Waals surface area contributed by atoms with Gasteiger partial charge < -0.3 is 4.57 Å². The fourth-order valence-corrected chi connectivity index (χ4v) is 5.64. The van der Waals surface area contributed by atoms with Crippen molar-refractivity contribution in [2.75, 3.05) is 0 Å². The average Bonchev–Trinajstić information content (AvgIpc) is 3.29. The highest BCUT2D eigenvalue weighted by atomic mass is 32.2. The Labute approximate surface area is 169 Å². The zero-order valence-electron chi connectivity index (χ0n) is 17.8. The van der Waals surface area contributed by atoms with E-state index >= 15 is 0 Å². The number of hydrogen-bond acceptors (Lipinski definition) is 1. The quantitative estimate of drug-likeness (QED) is 0.529. The van der Waals surface area contributed by atoms with Gasteiger partial charge in [-0.05, 0) is 78.3 Å². The molecule has 0 unspecified atom stereocenters. The third-order valence-corrected chi connectivity index (χ3v) is 8.17. The average molecular weight is 382 g/mol. The van der Waals surface area contributed by atoms with Crippen molar-refractivity contribution >= 4 is 11.8 Å². The predicted octanol–water partition coefficient (Wildman–Crippen LogP) is 7.56. The lowest BCUT2D eigenvalue weighted by Gasteiger charge is -2.25. The highest BCUT2D eigenvalue weighted by Gasteiger charge is 2.39. The van der Waals surface area contributed by atoms with Gasteiger partial charge in [-0.1, -0.05) is 53.0 Å². The van der Waals surface area contributed by atoms with E-state index in [2.05, 4.69) is 81.4 Å². The molecule has 0 N–H and O–H groups in total. The van der Waals surface area contributed by atoms with Crippen LogP contribution >= 0.6 is 11.8 Å². The molecule has 146 valence electrons. The van der Waals surface area contributed by atoms with E-state index in [1.807, 2.05) is 0 Å². The highest BCUT2D eigenvalue weighted by molar-refractivity contribution is 7.99.